The first-order valence-electron chi connectivity index (χ1n) is 9.53. The highest BCUT2D eigenvalue weighted by Gasteiger charge is 2.32. The number of rotatable bonds is 4. The number of hydrogen-bond donors (Lipinski definition) is 1. The van der Waals surface area contributed by atoms with Crippen LogP contribution >= 0.6 is 0 Å². The number of oxazole rings is 1. The van der Waals surface area contributed by atoms with Gasteiger partial charge in [0.15, 0.2) is 5.58 Å². The molecule has 1 N–H and O–H groups in total. The summed E-state index contributed by atoms with van der Waals surface area (Å²) >= 11 is 0. The third kappa shape index (κ3) is 2.79. The first kappa shape index (κ1) is 16.8. The summed E-state index contributed by atoms with van der Waals surface area (Å²) < 4.78 is 6.78. The number of H-pyrrole nitrogens is 1. The van der Waals surface area contributed by atoms with Crippen molar-refractivity contribution in [3.05, 3.63) is 64.9 Å². The number of para-hydroxylation sites is 4. The third-order valence-corrected chi connectivity index (χ3v) is 5.42. The normalized spacial score (nSPS) is 17.0. The van der Waals surface area contributed by atoms with Crippen molar-refractivity contribution in [1.82, 2.24) is 19.4 Å². The summed E-state index contributed by atoms with van der Waals surface area (Å²) in [4.78, 5) is 34.9. The third-order valence-electron chi connectivity index (χ3n) is 5.42. The van der Waals surface area contributed by atoms with Crippen LogP contribution in [0.2, 0.25) is 0 Å². The summed E-state index contributed by atoms with van der Waals surface area (Å²) in [5.41, 5.74) is 3.15. The first-order chi connectivity index (χ1) is 13.7. The predicted molar refractivity (Wildman–Crippen MR) is 105 cm³/mol. The summed E-state index contributed by atoms with van der Waals surface area (Å²) in [5, 5.41) is 0. The number of carbonyl (C=O) groups is 1. The van der Waals surface area contributed by atoms with E-state index < -0.39 is 5.76 Å². The summed E-state index contributed by atoms with van der Waals surface area (Å²) in [6, 6.07) is 15.1. The van der Waals surface area contributed by atoms with E-state index in [9.17, 15) is 9.59 Å². The molecule has 0 saturated carbocycles. The molecule has 0 radical (unpaired) electrons. The molecule has 7 nitrogen and oxygen atoms in total. The van der Waals surface area contributed by atoms with E-state index in [-0.39, 0.29) is 18.4 Å². The van der Waals surface area contributed by atoms with Gasteiger partial charge in [0, 0.05) is 19.5 Å². The van der Waals surface area contributed by atoms with Crippen molar-refractivity contribution in [3.8, 4) is 0 Å². The lowest BCUT2D eigenvalue weighted by Gasteiger charge is -2.23. The van der Waals surface area contributed by atoms with E-state index in [1.165, 1.54) is 4.57 Å². The van der Waals surface area contributed by atoms with E-state index >= 15 is 0 Å². The summed E-state index contributed by atoms with van der Waals surface area (Å²) in [5.74, 6) is 0.433. The van der Waals surface area contributed by atoms with E-state index in [1.807, 2.05) is 47.4 Å². The van der Waals surface area contributed by atoms with Crippen molar-refractivity contribution in [2.45, 2.75) is 31.8 Å². The second-order valence-electron chi connectivity index (χ2n) is 7.12. The van der Waals surface area contributed by atoms with Crippen LogP contribution in [0, 0.1) is 0 Å². The fraction of sp³-hybridized carbons (Fsp3) is 0.286. The Balaban J connectivity index is 1.35. The Kier molecular flexibility index (Phi) is 4.00. The number of aryl methyl sites for hydroxylation is 1. The monoisotopic (exact) mass is 376 g/mol. The fourth-order valence-electron chi connectivity index (χ4n) is 4.06. The Hall–Kier alpha value is -3.35. The number of nitrogens with zero attached hydrogens (tertiary/aromatic N) is 3. The van der Waals surface area contributed by atoms with Crippen LogP contribution in [0.15, 0.2) is 57.7 Å². The van der Waals surface area contributed by atoms with Gasteiger partial charge in [-0.2, -0.15) is 0 Å². The van der Waals surface area contributed by atoms with Crippen molar-refractivity contribution in [3.63, 3.8) is 0 Å². The number of amides is 1. The van der Waals surface area contributed by atoms with E-state index in [1.54, 1.807) is 6.07 Å². The Morgan fingerprint density at radius 3 is 2.89 bits per heavy atom. The van der Waals surface area contributed by atoms with Gasteiger partial charge >= 0.3 is 5.76 Å². The lowest BCUT2D eigenvalue weighted by atomic mass is 10.2. The molecule has 0 spiro atoms. The minimum atomic E-state index is -0.427. The Morgan fingerprint density at radius 2 is 2.00 bits per heavy atom. The molecule has 1 saturated heterocycles. The van der Waals surface area contributed by atoms with Gasteiger partial charge in [0.2, 0.25) is 5.91 Å². The number of aromatic amines is 1. The van der Waals surface area contributed by atoms with Crippen LogP contribution in [-0.2, 0) is 11.3 Å². The lowest BCUT2D eigenvalue weighted by molar-refractivity contribution is -0.132. The average Bonchev–Trinajstić information content (AvgIpc) is 3.42. The highest BCUT2D eigenvalue weighted by molar-refractivity contribution is 5.78. The van der Waals surface area contributed by atoms with Crippen molar-refractivity contribution >= 4 is 28.0 Å². The topological polar surface area (TPSA) is 84.1 Å². The molecule has 7 heteroatoms. The van der Waals surface area contributed by atoms with Crippen LogP contribution in [0.25, 0.3) is 22.1 Å². The minimum Gasteiger partial charge on any atom is -0.408 e. The molecule has 2 aromatic heterocycles. The van der Waals surface area contributed by atoms with Crippen molar-refractivity contribution < 1.29 is 9.21 Å². The SMILES string of the molecule is O=C(CCn1c(=O)oc2ccccc21)N1CCC[C@H]1c1nc2ccccc2[nH]1. The van der Waals surface area contributed by atoms with Gasteiger partial charge < -0.3 is 14.3 Å². The van der Waals surface area contributed by atoms with Crippen molar-refractivity contribution in [2.24, 2.45) is 0 Å². The number of imidazole rings is 1. The van der Waals surface area contributed by atoms with Crippen LogP contribution in [0.4, 0.5) is 0 Å². The van der Waals surface area contributed by atoms with Crippen LogP contribution < -0.4 is 5.76 Å². The zero-order chi connectivity index (χ0) is 19.1. The molecule has 1 aliphatic rings. The molecule has 1 fully saturated rings. The molecule has 28 heavy (non-hydrogen) atoms. The maximum absolute atomic E-state index is 12.9. The molecule has 1 atom stereocenters. The van der Waals surface area contributed by atoms with E-state index in [4.69, 9.17) is 4.42 Å². The number of benzene rings is 2. The quantitative estimate of drug-likeness (QED) is 0.593. The van der Waals surface area contributed by atoms with Gasteiger partial charge in [-0.1, -0.05) is 24.3 Å². The highest BCUT2D eigenvalue weighted by atomic mass is 16.4. The predicted octanol–water partition coefficient (Wildman–Crippen LogP) is 3.22. The smallest absolute Gasteiger partial charge is 0.408 e. The van der Waals surface area contributed by atoms with Crippen LogP contribution in [0.3, 0.4) is 0 Å². The van der Waals surface area contributed by atoms with Crippen molar-refractivity contribution in [2.75, 3.05) is 6.54 Å². The highest BCUT2D eigenvalue weighted by Crippen LogP contribution is 2.32. The number of carbonyl (C=O) groups excluding carboxylic acids is 1. The molecule has 0 bridgehead atoms. The van der Waals surface area contributed by atoms with Crippen LogP contribution in [0.1, 0.15) is 31.1 Å². The second-order valence-corrected chi connectivity index (χ2v) is 7.12. The standard InChI is InChI=1S/C21H20N4O3/c26-19(11-13-25-16-8-3-4-10-18(16)28-21(25)27)24-12-5-9-17(24)20-22-14-6-1-2-7-15(14)23-20/h1-4,6-8,10,17H,5,9,11-13H2,(H,22,23)/t17-/m0/s1. The summed E-state index contributed by atoms with van der Waals surface area (Å²) in [6.45, 7) is 1.01. The van der Waals surface area contributed by atoms with E-state index in [0.717, 1.165) is 35.2 Å². The molecule has 0 aliphatic carbocycles. The zero-order valence-electron chi connectivity index (χ0n) is 15.3. The Morgan fingerprint density at radius 1 is 1.18 bits per heavy atom. The molecular weight excluding hydrogens is 356 g/mol. The maximum Gasteiger partial charge on any atom is 0.419 e. The molecule has 142 valence electrons. The van der Waals surface area contributed by atoms with Gasteiger partial charge in [-0.3, -0.25) is 9.36 Å². The average molecular weight is 376 g/mol. The largest absolute Gasteiger partial charge is 0.419 e. The number of fused-ring (bicyclic) bond motifs is 2. The molecule has 1 amide bonds. The molecule has 5 rings (SSSR count). The van der Waals surface area contributed by atoms with Gasteiger partial charge in [-0.25, -0.2) is 9.78 Å². The second kappa shape index (κ2) is 6.67. The Bertz CT molecular complexity index is 1190. The Labute approximate surface area is 160 Å². The maximum atomic E-state index is 12.9. The zero-order valence-corrected chi connectivity index (χ0v) is 15.3. The minimum absolute atomic E-state index is 0.0279. The molecule has 0 unspecified atom stereocenters. The van der Waals surface area contributed by atoms with Crippen molar-refractivity contribution in [1.29, 1.82) is 0 Å². The molecular formula is C21H20N4O3. The first-order valence-corrected chi connectivity index (χ1v) is 9.53. The summed E-state index contributed by atoms with van der Waals surface area (Å²) in [6.07, 6.45) is 2.09. The van der Waals surface area contributed by atoms with Gasteiger partial charge in [-0.15, -0.1) is 0 Å². The number of hydrogen-bond acceptors (Lipinski definition) is 4. The van der Waals surface area contributed by atoms with Crippen LogP contribution in [-0.4, -0.2) is 31.9 Å². The molecule has 2 aromatic carbocycles. The molecule has 3 heterocycles. The van der Waals surface area contributed by atoms with E-state index in [2.05, 4.69) is 9.97 Å². The fourth-order valence-corrected chi connectivity index (χ4v) is 4.06. The van der Waals surface area contributed by atoms with Gasteiger partial charge in [0.05, 0.1) is 22.6 Å². The van der Waals surface area contributed by atoms with E-state index in [0.29, 0.717) is 18.7 Å². The number of aromatic nitrogens is 3. The van der Waals surface area contributed by atoms with Gasteiger partial charge in [-0.05, 0) is 37.1 Å². The molecule has 4 aromatic rings. The summed E-state index contributed by atoms with van der Waals surface area (Å²) in [7, 11) is 0. The number of likely N-dealkylation sites (tertiary alicyclic amines) is 1. The van der Waals surface area contributed by atoms with Gasteiger partial charge in [0.1, 0.15) is 5.82 Å². The lowest BCUT2D eigenvalue weighted by Crippen LogP contribution is -2.32. The van der Waals surface area contributed by atoms with Gasteiger partial charge in [0.25, 0.3) is 0 Å². The number of nitrogens with one attached hydrogen (secondary N) is 1. The molecule has 1 aliphatic heterocycles. The van der Waals surface area contributed by atoms with Crippen LogP contribution in [0.5, 0.6) is 0 Å².